The van der Waals surface area contributed by atoms with E-state index in [1.54, 1.807) is 0 Å². The molecule has 1 N–H and O–H groups in total. The fourth-order valence-corrected chi connectivity index (χ4v) is 3.91. The van der Waals surface area contributed by atoms with Gasteiger partial charge < -0.3 is 15.0 Å². The number of carbonyl (C=O) groups is 1. The van der Waals surface area contributed by atoms with Crippen LogP contribution in [-0.4, -0.2) is 66.3 Å². The highest BCUT2D eigenvalue weighted by atomic mass is 16.6. The summed E-state index contributed by atoms with van der Waals surface area (Å²) in [5.74, 6) is 0.834. The van der Waals surface area contributed by atoms with E-state index in [9.17, 15) is 4.79 Å². The van der Waals surface area contributed by atoms with E-state index < -0.39 is 5.60 Å². The number of nitrogens with zero attached hydrogens (tertiary/aromatic N) is 2. The largest absolute Gasteiger partial charge is 0.444 e. The molecule has 0 spiro atoms. The third-order valence-electron chi connectivity index (χ3n) is 4.93. The molecule has 2 atom stereocenters. The first-order valence-corrected chi connectivity index (χ1v) is 8.37. The van der Waals surface area contributed by atoms with Gasteiger partial charge in [0.05, 0.1) is 0 Å². The van der Waals surface area contributed by atoms with E-state index in [-0.39, 0.29) is 6.09 Å². The summed E-state index contributed by atoms with van der Waals surface area (Å²) in [7, 11) is 0. The van der Waals surface area contributed by atoms with Crippen LogP contribution in [-0.2, 0) is 4.74 Å². The van der Waals surface area contributed by atoms with Crippen molar-refractivity contribution in [3.63, 3.8) is 0 Å². The second kappa shape index (κ2) is 5.76. The Kier molecular flexibility index (Phi) is 4.14. The van der Waals surface area contributed by atoms with Gasteiger partial charge in [0, 0.05) is 31.7 Å². The van der Waals surface area contributed by atoms with Gasteiger partial charge in [-0.2, -0.15) is 0 Å². The monoisotopic (exact) mass is 295 g/mol. The van der Waals surface area contributed by atoms with Crippen LogP contribution in [0.3, 0.4) is 0 Å². The lowest BCUT2D eigenvalue weighted by Crippen LogP contribution is -2.51. The maximum absolute atomic E-state index is 12.2. The average molecular weight is 295 g/mol. The van der Waals surface area contributed by atoms with Gasteiger partial charge in [0.25, 0.3) is 0 Å². The van der Waals surface area contributed by atoms with Crippen molar-refractivity contribution in [2.75, 3.05) is 32.7 Å². The molecule has 3 rings (SSSR count). The number of rotatable bonds is 2. The third-order valence-corrected chi connectivity index (χ3v) is 4.93. The van der Waals surface area contributed by atoms with Crippen LogP contribution in [0.5, 0.6) is 0 Å². The number of nitrogens with one attached hydrogen (secondary N) is 1. The molecule has 2 bridgehead atoms. The molecular formula is C16H29N3O2. The number of piperidine rings is 1. The van der Waals surface area contributed by atoms with Crippen LogP contribution in [0, 0.1) is 5.92 Å². The van der Waals surface area contributed by atoms with Crippen LogP contribution in [0.4, 0.5) is 4.79 Å². The molecule has 0 unspecified atom stereocenters. The zero-order chi connectivity index (χ0) is 15.0. The van der Waals surface area contributed by atoms with Crippen LogP contribution in [0.15, 0.2) is 0 Å². The van der Waals surface area contributed by atoms with Crippen LogP contribution in [0.25, 0.3) is 0 Å². The second-order valence-corrected chi connectivity index (χ2v) is 7.82. The predicted octanol–water partition coefficient (Wildman–Crippen LogP) is 1.68. The molecule has 0 aromatic rings. The fourth-order valence-electron chi connectivity index (χ4n) is 3.91. The number of likely N-dealkylation sites (tertiary alicyclic amines) is 2. The molecule has 3 aliphatic rings. The lowest BCUT2D eigenvalue weighted by molar-refractivity contribution is 0.0115. The summed E-state index contributed by atoms with van der Waals surface area (Å²) in [4.78, 5) is 16.8. The van der Waals surface area contributed by atoms with E-state index in [1.807, 2.05) is 25.7 Å². The van der Waals surface area contributed by atoms with Crippen molar-refractivity contribution in [1.82, 2.24) is 15.1 Å². The topological polar surface area (TPSA) is 44.8 Å². The van der Waals surface area contributed by atoms with Crippen molar-refractivity contribution in [2.45, 2.75) is 57.7 Å². The van der Waals surface area contributed by atoms with E-state index in [0.29, 0.717) is 12.1 Å². The Balaban J connectivity index is 1.50. The molecule has 1 amide bonds. The fraction of sp³-hybridized carbons (Fsp3) is 0.938. The molecule has 0 aromatic carbocycles. The lowest BCUT2D eigenvalue weighted by atomic mass is 9.97. The highest BCUT2D eigenvalue weighted by Crippen LogP contribution is 2.33. The Morgan fingerprint density at radius 2 is 1.90 bits per heavy atom. The summed E-state index contributed by atoms with van der Waals surface area (Å²) < 4.78 is 5.52. The van der Waals surface area contributed by atoms with Crippen LogP contribution < -0.4 is 5.32 Å². The number of ether oxygens (including phenoxy) is 1. The van der Waals surface area contributed by atoms with Gasteiger partial charge in [0.1, 0.15) is 5.60 Å². The lowest BCUT2D eigenvalue weighted by Gasteiger charge is -2.37. The first-order valence-electron chi connectivity index (χ1n) is 8.37. The number of carbonyl (C=O) groups excluding carboxylic acids is 1. The van der Waals surface area contributed by atoms with Crippen molar-refractivity contribution in [2.24, 2.45) is 5.92 Å². The highest BCUT2D eigenvalue weighted by molar-refractivity contribution is 5.69. The van der Waals surface area contributed by atoms with Crippen LogP contribution in [0.2, 0.25) is 0 Å². The van der Waals surface area contributed by atoms with Gasteiger partial charge in [0.15, 0.2) is 0 Å². The number of amides is 1. The standard InChI is InChI=1S/C16H29N3O2/c1-16(2,3)21-15(20)19-11-13-8-14(19)10-18(13)9-12-4-6-17-7-5-12/h12-14,17H,4-11H2,1-3H3/t13-,14-/m0/s1. The molecule has 3 saturated heterocycles. The maximum atomic E-state index is 12.2. The Morgan fingerprint density at radius 3 is 2.48 bits per heavy atom. The SMILES string of the molecule is CC(C)(C)OC(=O)N1C[C@@H]2C[C@H]1CN2CC1CCNCC1. The zero-order valence-electron chi connectivity index (χ0n) is 13.6. The van der Waals surface area contributed by atoms with Gasteiger partial charge in [-0.3, -0.25) is 4.90 Å². The summed E-state index contributed by atoms with van der Waals surface area (Å²) in [6.07, 6.45) is 3.59. The zero-order valence-corrected chi connectivity index (χ0v) is 13.6. The summed E-state index contributed by atoms with van der Waals surface area (Å²) in [5.41, 5.74) is -0.395. The number of piperazine rings is 1. The summed E-state index contributed by atoms with van der Waals surface area (Å²) in [6, 6.07) is 0.920. The van der Waals surface area contributed by atoms with E-state index in [1.165, 1.54) is 19.4 Å². The van der Waals surface area contributed by atoms with Gasteiger partial charge in [-0.25, -0.2) is 4.79 Å². The molecule has 21 heavy (non-hydrogen) atoms. The predicted molar refractivity (Wildman–Crippen MR) is 82.3 cm³/mol. The van der Waals surface area contributed by atoms with Gasteiger partial charge in [0.2, 0.25) is 0 Å². The van der Waals surface area contributed by atoms with Crippen molar-refractivity contribution in [3.8, 4) is 0 Å². The molecule has 0 aromatic heterocycles. The summed E-state index contributed by atoms with van der Waals surface area (Å²) in [6.45, 7) is 11.2. The number of hydrogen-bond donors (Lipinski definition) is 1. The van der Waals surface area contributed by atoms with Gasteiger partial charge >= 0.3 is 6.09 Å². The first-order chi connectivity index (χ1) is 9.92. The van der Waals surface area contributed by atoms with Gasteiger partial charge in [-0.1, -0.05) is 0 Å². The Hall–Kier alpha value is -0.810. The van der Waals surface area contributed by atoms with Crippen molar-refractivity contribution < 1.29 is 9.53 Å². The molecule has 5 nitrogen and oxygen atoms in total. The quantitative estimate of drug-likeness (QED) is 0.842. The van der Waals surface area contributed by atoms with Crippen molar-refractivity contribution in [3.05, 3.63) is 0 Å². The van der Waals surface area contributed by atoms with Crippen molar-refractivity contribution >= 4 is 6.09 Å². The minimum atomic E-state index is -0.395. The molecule has 3 aliphatic heterocycles. The van der Waals surface area contributed by atoms with Gasteiger partial charge in [-0.05, 0) is 59.0 Å². The maximum Gasteiger partial charge on any atom is 0.410 e. The molecule has 0 saturated carbocycles. The van der Waals surface area contributed by atoms with Crippen LogP contribution >= 0.6 is 0 Å². The van der Waals surface area contributed by atoms with E-state index in [2.05, 4.69) is 10.2 Å². The first kappa shape index (κ1) is 15.1. The van der Waals surface area contributed by atoms with Gasteiger partial charge in [-0.15, -0.1) is 0 Å². The van der Waals surface area contributed by atoms with E-state index >= 15 is 0 Å². The van der Waals surface area contributed by atoms with Crippen LogP contribution in [0.1, 0.15) is 40.0 Å². The normalized spacial score (nSPS) is 30.9. The average Bonchev–Trinajstić information content (AvgIpc) is 2.97. The number of hydrogen-bond acceptors (Lipinski definition) is 4. The third kappa shape index (κ3) is 3.51. The Labute approximate surface area is 128 Å². The second-order valence-electron chi connectivity index (χ2n) is 7.82. The van der Waals surface area contributed by atoms with E-state index in [4.69, 9.17) is 4.74 Å². The molecule has 0 radical (unpaired) electrons. The summed E-state index contributed by atoms with van der Waals surface area (Å²) >= 11 is 0. The van der Waals surface area contributed by atoms with Crippen molar-refractivity contribution in [1.29, 1.82) is 0 Å². The molecule has 5 heteroatoms. The molecule has 3 fully saturated rings. The van der Waals surface area contributed by atoms with E-state index in [0.717, 1.165) is 38.5 Å². The number of fused-ring (bicyclic) bond motifs is 2. The smallest absolute Gasteiger partial charge is 0.410 e. The highest BCUT2D eigenvalue weighted by Gasteiger charge is 2.46. The minimum Gasteiger partial charge on any atom is -0.444 e. The Bertz CT molecular complexity index is 387. The minimum absolute atomic E-state index is 0.128. The molecule has 0 aliphatic carbocycles. The summed E-state index contributed by atoms with van der Waals surface area (Å²) in [5, 5.41) is 3.43. The molecule has 120 valence electrons. The molecular weight excluding hydrogens is 266 g/mol. The Morgan fingerprint density at radius 1 is 1.19 bits per heavy atom. The molecule has 3 heterocycles.